The lowest BCUT2D eigenvalue weighted by molar-refractivity contribution is 0.0757. The summed E-state index contributed by atoms with van der Waals surface area (Å²) in [5.74, 6) is 0.590. The first-order valence-electron chi connectivity index (χ1n) is 7.80. The fourth-order valence-electron chi connectivity index (χ4n) is 2.39. The third-order valence-electron chi connectivity index (χ3n) is 3.73. The highest BCUT2D eigenvalue weighted by atomic mass is 32.2. The van der Waals surface area contributed by atoms with Crippen LogP contribution in [0.1, 0.15) is 6.92 Å². The minimum atomic E-state index is -3.68. The number of hydrogen-bond donors (Lipinski definition) is 1. The number of piperazine rings is 1. The minimum Gasteiger partial charge on any atom is -0.492 e. The highest BCUT2D eigenvalue weighted by molar-refractivity contribution is 7.89. The highest BCUT2D eigenvalue weighted by Gasteiger charge is 2.21. The number of hydrogen-bond acceptors (Lipinski definition) is 6. The molecule has 0 saturated carbocycles. The van der Waals surface area contributed by atoms with Gasteiger partial charge in [0.05, 0.1) is 11.5 Å². The molecular formula is C15H23N3O5S. The molecule has 1 aliphatic rings. The smallest absolute Gasteiger partial charge is 0.409 e. The molecule has 0 aromatic heterocycles. The zero-order chi connectivity index (χ0) is 17.6. The number of rotatable bonds is 6. The normalized spacial score (nSPS) is 16.0. The lowest BCUT2D eigenvalue weighted by Crippen LogP contribution is -2.49. The zero-order valence-electron chi connectivity index (χ0n) is 13.7. The van der Waals surface area contributed by atoms with Crippen molar-refractivity contribution in [2.24, 2.45) is 5.14 Å². The SMILES string of the molecule is CCOC(=O)N1CCN(CCOc2ccc(S(N)(=O)=O)cc2)CC1. The Labute approximate surface area is 142 Å². The average Bonchev–Trinajstić information content (AvgIpc) is 2.55. The molecule has 2 N–H and O–H groups in total. The van der Waals surface area contributed by atoms with Gasteiger partial charge in [-0.1, -0.05) is 0 Å². The lowest BCUT2D eigenvalue weighted by Gasteiger charge is -2.33. The van der Waals surface area contributed by atoms with E-state index in [0.29, 0.717) is 32.1 Å². The first-order valence-corrected chi connectivity index (χ1v) is 9.34. The van der Waals surface area contributed by atoms with E-state index in [0.717, 1.165) is 19.6 Å². The van der Waals surface area contributed by atoms with Gasteiger partial charge in [0.2, 0.25) is 10.0 Å². The van der Waals surface area contributed by atoms with Crippen LogP contribution in [0.5, 0.6) is 5.75 Å². The summed E-state index contributed by atoms with van der Waals surface area (Å²) in [7, 11) is -3.68. The molecule has 1 heterocycles. The van der Waals surface area contributed by atoms with Crippen LogP contribution in [0.2, 0.25) is 0 Å². The monoisotopic (exact) mass is 357 g/mol. The van der Waals surface area contributed by atoms with E-state index in [9.17, 15) is 13.2 Å². The molecule has 1 amide bonds. The summed E-state index contributed by atoms with van der Waals surface area (Å²) in [5, 5.41) is 5.04. The minimum absolute atomic E-state index is 0.0601. The van der Waals surface area contributed by atoms with E-state index in [1.807, 2.05) is 0 Å². The van der Waals surface area contributed by atoms with Gasteiger partial charge in [0, 0.05) is 32.7 Å². The van der Waals surface area contributed by atoms with Crippen molar-refractivity contribution in [3.05, 3.63) is 24.3 Å². The van der Waals surface area contributed by atoms with Crippen LogP contribution in [0.4, 0.5) is 4.79 Å². The van der Waals surface area contributed by atoms with Crippen LogP contribution in [-0.4, -0.2) is 70.2 Å². The lowest BCUT2D eigenvalue weighted by atomic mass is 10.3. The van der Waals surface area contributed by atoms with E-state index in [1.54, 1.807) is 24.0 Å². The first kappa shape index (κ1) is 18.5. The van der Waals surface area contributed by atoms with E-state index in [1.165, 1.54) is 12.1 Å². The predicted octanol–water partition coefficient (Wildman–Crippen LogP) is 0.487. The summed E-state index contributed by atoms with van der Waals surface area (Å²) in [6, 6.07) is 6.00. The van der Waals surface area contributed by atoms with Crippen molar-refractivity contribution >= 4 is 16.1 Å². The van der Waals surface area contributed by atoms with Crippen molar-refractivity contribution in [1.29, 1.82) is 0 Å². The molecule has 0 unspecified atom stereocenters. The Hall–Kier alpha value is -1.84. The maximum Gasteiger partial charge on any atom is 0.409 e. The van der Waals surface area contributed by atoms with Crippen LogP contribution in [0.15, 0.2) is 29.2 Å². The van der Waals surface area contributed by atoms with Gasteiger partial charge in [0.15, 0.2) is 0 Å². The molecule has 24 heavy (non-hydrogen) atoms. The number of amides is 1. The molecule has 1 saturated heterocycles. The number of sulfonamides is 1. The van der Waals surface area contributed by atoms with Crippen LogP contribution in [0, 0.1) is 0 Å². The maximum atomic E-state index is 11.6. The van der Waals surface area contributed by atoms with E-state index >= 15 is 0 Å². The molecule has 134 valence electrons. The van der Waals surface area contributed by atoms with Gasteiger partial charge in [0.25, 0.3) is 0 Å². The number of ether oxygens (including phenoxy) is 2. The third-order valence-corrected chi connectivity index (χ3v) is 4.66. The van der Waals surface area contributed by atoms with Crippen LogP contribution in [0.3, 0.4) is 0 Å². The molecule has 0 bridgehead atoms. The van der Waals surface area contributed by atoms with Gasteiger partial charge in [0.1, 0.15) is 12.4 Å². The van der Waals surface area contributed by atoms with Crippen LogP contribution in [0.25, 0.3) is 0 Å². The van der Waals surface area contributed by atoms with Crippen molar-refractivity contribution in [3.8, 4) is 5.75 Å². The molecule has 1 aromatic carbocycles. The third kappa shape index (κ3) is 5.36. The average molecular weight is 357 g/mol. The van der Waals surface area contributed by atoms with Crippen molar-refractivity contribution in [1.82, 2.24) is 9.80 Å². The largest absolute Gasteiger partial charge is 0.492 e. The molecule has 1 aliphatic heterocycles. The summed E-state index contributed by atoms with van der Waals surface area (Å²) >= 11 is 0. The Kier molecular flexibility index (Phi) is 6.41. The molecule has 1 fully saturated rings. The number of carbonyl (C=O) groups is 1. The van der Waals surface area contributed by atoms with Gasteiger partial charge in [-0.3, -0.25) is 4.90 Å². The molecule has 0 atom stereocenters. The van der Waals surface area contributed by atoms with Gasteiger partial charge in [-0.25, -0.2) is 18.4 Å². The van der Waals surface area contributed by atoms with Crippen molar-refractivity contribution < 1.29 is 22.7 Å². The quantitative estimate of drug-likeness (QED) is 0.795. The van der Waals surface area contributed by atoms with E-state index in [2.05, 4.69) is 4.90 Å². The second-order valence-electron chi connectivity index (χ2n) is 5.39. The first-order chi connectivity index (χ1) is 11.4. The number of carbonyl (C=O) groups excluding carboxylic acids is 1. The van der Waals surface area contributed by atoms with Crippen molar-refractivity contribution in [3.63, 3.8) is 0 Å². The van der Waals surface area contributed by atoms with E-state index < -0.39 is 10.0 Å². The molecule has 8 nitrogen and oxygen atoms in total. The molecule has 1 aromatic rings. The summed E-state index contributed by atoms with van der Waals surface area (Å²) < 4.78 is 32.9. The Morgan fingerprint density at radius 1 is 1.17 bits per heavy atom. The molecule has 0 radical (unpaired) electrons. The fraction of sp³-hybridized carbons (Fsp3) is 0.533. The topological polar surface area (TPSA) is 102 Å². The van der Waals surface area contributed by atoms with Gasteiger partial charge in [-0.05, 0) is 31.2 Å². The summed E-state index contributed by atoms with van der Waals surface area (Å²) in [4.78, 5) is 15.6. The Morgan fingerprint density at radius 2 is 1.79 bits per heavy atom. The number of nitrogens with zero attached hydrogens (tertiary/aromatic N) is 2. The van der Waals surface area contributed by atoms with Gasteiger partial charge in [-0.15, -0.1) is 0 Å². The highest BCUT2D eigenvalue weighted by Crippen LogP contribution is 2.15. The summed E-state index contributed by atoms with van der Waals surface area (Å²) in [6.07, 6.45) is -0.261. The molecule has 0 spiro atoms. The summed E-state index contributed by atoms with van der Waals surface area (Å²) in [6.45, 7) is 6.21. The number of benzene rings is 1. The van der Waals surface area contributed by atoms with Gasteiger partial charge >= 0.3 is 6.09 Å². The Morgan fingerprint density at radius 3 is 2.33 bits per heavy atom. The number of nitrogens with two attached hydrogens (primary N) is 1. The maximum absolute atomic E-state index is 11.6. The Bertz CT molecular complexity index is 640. The Balaban J connectivity index is 1.71. The number of primary sulfonamides is 1. The van der Waals surface area contributed by atoms with Crippen molar-refractivity contribution in [2.75, 3.05) is 45.9 Å². The second kappa shape index (κ2) is 8.32. The molecule has 9 heteroatoms. The van der Waals surface area contributed by atoms with Crippen molar-refractivity contribution in [2.45, 2.75) is 11.8 Å². The van der Waals surface area contributed by atoms with E-state index in [4.69, 9.17) is 14.6 Å². The standard InChI is InChI=1S/C15H23N3O5S/c1-2-22-15(19)18-9-7-17(8-10-18)11-12-23-13-3-5-14(6-4-13)24(16,20)21/h3-6H,2,7-12H2,1H3,(H2,16,20,21). The molecule has 2 rings (SSSR count). The van der Waals surface area contributed by atoms with Crippen LogP contribution < -0.4 is 9.88 Å². The molecular weight excluding hydrogens is 334 g/mol. The predicted molar refractivity (Wildman–Crippen MR) is 88.3 cm³/mol. The summed E-state index contributed by atoms with van der Waals surface area (Å²) in [5.41, 5.74) is 0. The zero-order valence-corrected chi connectivity index (χ0v) is 14.5. The van der Waals surface area contributed by atoms with Crippen LogP contribution in [-0.2, 0) is 14.8 Å². The van der Waals surface area contributed by atoms with Crippen LogP contribution >= 0.6 is 0 Å². The molecule has 0 aliphatic carbocycles. The second-order valence-corrected chi connectivity index (χ2v) is 6.95. The van der Waals surface area contributed by atoms with E-state index in [-0.39, 0.29) is 11.0 Å². The fourth-order valence-corrected chi connectivity index (χ4v) is 2.90. The van der Waals surface area contributed by atoms with Gasteiger partial charge < -0.3 is 14.4 Å². The van der Waals surface area contributed by atoms with Gasteiger partial charge in [-0.2, -0.15) is 0 Å².